The fourth-order valence-corrected chi connectivity index (χ4v) is 3.76. The summed E-state index contributed by atoms with van der Waals surface area (Å²) in [6.45, 7) is 3.17. The number of hydrogen-bond acceptors (Lipinski definition) is 4. The number of carbonyl (C=O) groups excluding carboxylic acids is 1. The number of hydrogen-bond donors (Lipinski definition) is 1. The van der Waals surface area contributed by atoms with Gasteiger partial charge in [-0.3, -0.25) is 4.79 Å². The minimum atomic E-state index is -3.46. The van der Waals surface area contributed by atoms with Crippen molar-refractivity contribution >= 4 is 15.9 Å². The zero-order chi connectivity index (χ0) is 12.2. The van der Waals surface area contributed by atoms with Crippen LogP contribution < -0.4 is 0 Å². The Morgan fingerprint density at radius 1 is 1.38 bits per heavy atom. The first-order valence-corrected chi connectivity index (χ1v) is 6.88. The molecule has 6 heteroatoms. The molecular formula is C10H17NO4S. The van der Waals surface area contributed by atoms with Crippen molar-refractivity contribution in [2.24, 2.45) is 5.41 Å². The lowest BCUT2D eigenvalue weighted by atomic mass is 10.0. The minimum absolute atomic E-state index is 0.0471. The summed E-state index contributed by atoms with van der Waals surface area (Å²) in [5.41, 5.74) is -0.145. The van der Waals surface area contributed by atoms with Gasteiger partial charge in [0.05, 0.1) is 0 Å². The van der Waals surface area contributed by atoms with Crippen LogP contribution in [0.1, 0.15) is 33.1 Å². The van der Waals surface area contributed by atoms with Crippen LogP contribution in [0.5, 0.6) is 0 Å². The first-order chi connectivity index (χ1) is 7.27. The Morgan fingerprint density at radius 2 is 1.94 bits per heavy atom. The van der Waals surface area contributed by atoms with Gasteiger partial charge in [0, 0.05) is 13.2 Å². The van der Waals surface area contributed by atoms with Crippen LogP contribution in [0, 0.1) is 5.41 Å². The highest BCUT2D eigenvalue weighted by molar-refractivity contribution is 7.94. The smallest absolute Gasteiger partial charge is 0.258 e. The summed E-state index contributed by atoms with van der Waals surface area (Å²) in [5, 5.41) is 8.89. The zero-order valence-electron chi connectivity index (χ0n) is 9.56. The second-order valence-electron chi connectivity index (χ2n) is 5.30. The van der Waals surface area contributed by atoms with Gasteiger partial charge >= 0.3 is 0 Å². The third-order valence-corrected chi connectivity index (χ3v) is 6.09. The fourth-order valence-electron chi connectivity index (χ4n) is 2.12. The van der Waals surface area contributed by atoms with Gasteiger partial charge in [-0.05, 0) is 38.5 Å². The molecule has 16 heavy (non-hydrogen) atoms. The van der Waals surface area contributed by atoms with Crippen LogP contribution in [0.15, 0.2) is 0 Å². The molecule has 1 amide bonds. The van der Waals surface area contributed by atoms with Crippen LogP contribution in [0.4, 0.5) is 0 Å². The predicted octanol–water partition coefficient (Wildman–Crippen LogP) is 0.0996. The molecule has 1 saturated carbocycles. The quantitative estimate of drug-likeness (QED) is 0.764. The molecule has 0 aromatic carbocycles. The average Bonchev–Trinajstić information content (AvgIpc) is 2.94. The molecule has 0 atom stereocenters. The van der Waals surface area contributed by atoms with Gasteiger partial charge in [-0.1, -0.05) is 0 Å². The van der Waals surface area contributed by atoms with E-state index in [0.717, 1.165) is 17.1 Å². The van der Waals surface area contributed by atoms with Crippen LogP contribution in [0.3, 0.4) is 0 Å². The van der Waals surface area contributed by atoms with Crippen LogP contribution in [0.25, 0.3) is 0 Å². The van der Waals surface area contributed by atoms with Crippen molar-refractivity contribution in [3.8, 4) is 0 Å². The molecular weight excluding hydrogens is 230 g/mol. The van der Waals surface area contributed by atoms with E-state index >= 15 is 0 Å². The van der Waals surface area contributed by atoms with Crippen molar-refractivity contribution in [3.05, 3.63) is 0 Å². The van der Waals surface area contributed by atoms with Gasteiger partial charge in [-0.2, -0.15) is 0 Å². The van der Waals surface area contributed by atoms with Gasteiger partial charge in [0.25, 0.3) is 15.9 Å². The summed E-state index contributed by atoms with van der Waals surface area (Å²) >= 11 is 0. The van der Waals surface area contributed by atoms with E-state index < -0.39 is 14.8 Å². The van der Waals surface area contributed by atoms with E-state index in [0.29, 0.717) is 6.42 Å². The Balaban J connectivity index is 2.12. The molecule has 1 saturated heterocycles. The van der Waals surface area contributed by atoms with Crippen LogP contribution in [-0.2, 0) is 14.8 Å². The van der Waals surface area contributed by atoms with Crippen LogP contribution >= 0.6 is 0 Å². The lowest BCUT2D eigenvalue weighted by Crippen LogP contribution is -2.68. The van der Waals surface area contributed by atoms with Gasteiger partial charge < -0.3 is 5.11 Å². The molecule has 0 aromatic heterocycles. The maximum absolute atomic E-state index is 11.8. The highest BCUT2D eigenvalue weighted by atomic mass is 32.2. The maximum atomic E-state index is 11.8. The Bertz CT molecular complexity index is 422. The molecule has 1 aliphatic carbocycles. The third kappa shape index (κ3) is 1.39. The molecule has 92 valence electrons. The van der Waals surface area contributed by atoms with E-state index in [4.69, 9.17) is 5.11 Å². The van der Waals surface area contributed by atoms with Crippen molar-refractivity contribution in [3.63, 3.8) is 0 Å². The summed E-state index contributed by atoms with van der Waals surface area (Å²) in [4.78, 5) is 11.7. The second kappa shape index (κ2) is 3.20. The van der Waals surface area contributed by atoms with Gasteiger partial charge in [0.1, 0.15) is 0 Å². The molecule has 1 aliphatic heterocycles. The zero-order valence-corrected chi connectivity index (χ0v) is 10.4. The molecule has 0 radical (unpaired) electrons. The maximum Gasteiger partial charge on any atom is 0.258 e. The number of aliphatic hydroxyl groups excluding tert-OH is 1. The number of amides is 1. The van der Waals surface area contributed by atoms with Gasteiger partial charge in [0.2, 0.25) is 0 Å². The SMILES string of the molecule is CC1(C)C(=O)N(CC2(CCO)CC2)S1(=O)=O. The van der Waals surface area contributed by atoms with Gasteiger partial charge in [-0.15, -0.1) is 0 Å². The number of rotatable bonds is 4. The van der Waals surface area contributed by atoms with Crippen molar-refractivity contribution < 1.29 is 18.3 Å². The third-order valence-electron chi connectivity index (χ3n) is 3.75. The summed E-state index contributed by atoms with van der Waals surface area (Å²) in [6.07, 6.45) is 2.37. The summed E-state index contributed by atoms with van der Waals surface area (Å²) in [5.74, 6) is -0.322. The molecule has 2 fully saturated rings. The first-order valence-electron chi connectivity index (χ1n) is 5.44. The molecule has 0 aromatic rings. The number of aliphatic hydroxyl groups is 1. The predicted molar refractivity (Wildman–Crippen MR) is 58.1 cm³/mol. The van der Waals surface area contributed by atoms with Crippen LogP contribution in [0.2, 0.25) is 0 Å². The Morgan fingerprint density at radius 3 is 2.31 bits per heavy atom. The summed E-state index contributed by atoms with van der Waals surface area (Å²) in [6, 6.07) is 0. The second-order valence-corrected chi connectivity index (χ2v) is 7.71. The molecule has 0 bridgehead atoms. The summed E-state index contributed by atoms with van der Waals surface area (Å²) < 4.78 is 23.4. The Labute approximate surface area is 95.5 Å². The topological polar surface area (TPSA) is 74.7 Å². The highest BCUT2D eigenvalue weighted by Crippen LogP contribution is 2.51. The van der Waals surface area contributed by atoms with E-state index in [1.807, 2.05) is 0 Å². The fraction of sp³-hybridized carbons (Fsp3) is 0.900. The Kier molecular flexibility index (Phi) is 2.37. The monoisotopic (exact) mass is 247 g/mol. The Hall–Kier alpha value is -0.620. The molecule has 1 heterocycles. The average molecular weight is 247 g/mol. The first kappa shape index (κ1) is 11.9. The molecule has 0 unspecified atom stereocenters. The van der Waals surface area contributed by atoms with E-state index in [-0.39, 0.29) is 24.5 Å². The lowest BCUT2D eigenvalue weighted by molar-refractivity contribution is -0.132. The number of sulfonamides is 1. The van der Waals surface area contributed by atoms with Crippen molar-refractivity contribution in [1.82, 2.24) is 4.31 Å². The molecule has 2 aliphatic rings. The number of nitrogens with zero attached hydrogens (tertiary/aromatic N) is 1. The van der Waals surface area contributed by atoms with E-state index in [2.05, 4.69) is 0 Å². The van der Waals surface area contributed by atoms with E-state index in [1.54, 1.807) is 0 Å². The van der Waals surface area contributed by atoms with Gasteiger partial charge in [0.15, 0.2) is 4.75 Å². The van der Waals surface area contributed by atoms with Crippen molar-refractivity contribution in [2.75, 3.05) is 13.2 Å². The minimum Gasteiger partial charge on any atom is -0.396 e. The lowest BCUT2D eigenvalue weighted by Gasteiger charge is -2.44. The molecule has 1 N–H and O–H groups in total. The number of carbonyl (C=O) groups is 1. The van der Waals surface area contributed by atoms with Crippen molar-refractivity contribution in [2.45, 2.75) is 37.9 Å². The van der Waals surface area contributed by atoms with Gasteiger partial charge in [-0.25, -0.2) is 12.7 Å². The molecule has 2 rings (SSSR count). The van der Waals surface area contributed by atoms with E-state index in [1.165, 1.54) is 13.8 Å². The van der Waals surface area contributed by atoms with E-state index in [9.17, 15) is 13.2 Å². The van der Waals surface area contributed by atoms with Crippen molar-refractivity contribution in [1.29, 1.82) is 0 Å². The molecule has 5 nitrogen and oxygen atoms in total. The summed E-state index contributed by atoms with van der Waals surface area (Å²) in [7, 11) is -3.46. The van der Waals surface area contributed by atoms with Crippen LogP contribution in [-0.4, -0.2) is 41.6 Å². The standard InChI is InChI=1S/C10H17NO4S/c1-9(2)8(13)11(16(9,14)15)7-10(3-4-10)5-6-12/h12H,3-7H2,1-2H3. The normalized spacial score (nSPS) is 28.7. The largest absolute Gasteiger partial charge is 0.396 e. The molecule has 0 spiro atoms. The highest BCUT2D eigenvalue weighted by Gasteiger charge is 2.62.